The third kappa shape index (κ3) is 6.23. The molecule has 1 aliphatic rings. The Balaban J connectivity index is 1.21. The average molecular weight is 639 g/mol. The molecule has 3 N–H and O–H groups in total. The molecule has 0 bridgehead atoms. The first kappa shape index (κ1) is 29.7. The number of nitrogens with zero attached hydrogens (tertiary/aromatic N) is 5. The number of halogens is 1. The second-order valence-electron chi connectivity index (χ2n) is 11.9. The molecule has 0 saturated heterocycles. The van der Waals surface area contributed by atoms with Crippen LogP contribution >= 0.6 is 0 Å². The molecule has 7 rings (SSSR count). The molecule has 1 fully saturated rings. The lowest BCUT2D eigenvalue weighted by Gasteiger charge is -2.20. The van der Waals surface area contributed by atoms with Crippen LogP contribution in [0.15, 0.2) is 61.3 Å². The summed E-state index contributed by atoms with van der Waals surface area (Å²) in [5, 5.41) is 11.3. The van der Waals surface area contributed by atoms with Crippen molar-refractivity contribution in [3.63, 3.8) is 0 Å². The highest BCUT2D eigenvalue weighted by Crippen LogP contribution is 2.33. The van der Waals surface area contributed by atoms with E-state index in [0.717, 1.165) is 42.9 Å². The van der Waals surface area contributed by atoms with Gasteiger partial charge in [0.1, 0.15) is 21.3 Å². The fourth-order valence-corrected chi connectivity index (χ4v) is 6.63. The molecule has 0 aliphatic heterocycles. The molecule has 0 unspecified atom stereocenters. The van der Waals surface area contributed by atoms with E-state index in [1.54, 1.807) is 37.1 Å². The summed E-state index contributed by atoms with van der Waals surface area (Å²) in [6.07, 6.45) is 14.8. The van der Waals surface area contributed by atoms with Gasteiger partial charge in [-0.1, -0.05) is 25.3 Å². The van der Waals surface area contributed by atoms with Gasteiger partial charge >= 0.3 is 0 Å². The SMILES string of the molecule is CS(=O)(=O)CCc1cc(F)cc(-c2cncc3[nH]c(-c4n[nH]c5cnc(-c6cncc(NC(=O)C7CCCCC7)c6)cc45)nc23)c1. The third-order valence-corrected chi connectivity index (χ3v) is 9.32. The summed E-state index contributed by atoms with van der Waals surface area (Å²) in [4.78, 5) is 34.2. The number of carbonyl (C=O) groups excluding carboxylic acids is 1. The lowest BCUT2D eigenvalue weighted by molar-refractivity contribution is -0.120. The number of anilines is 1. The van der Waals surface area contributed by atoms with E-state index in [9.17, 15) is 17.6 Å². The Morgan fingerprint density at radius 2 is 1.78 bits per heavy atom. The van der Waals surface area contributed by atoms with Crippen molar-refractivity contribution in [2.75, 3.05) is 17.3 Å². The summed E-state index contributed by atoms with van der Waals surface area (Å²) in [6.45, 7) is 0. The number of aromatic amines is 2. The van der Waals surface area contributed by atoms with Crippen LogP contribution in [0, 0.1) is 11.7 Å². The van der Waals surface area contributed by atoms with Crippen LogP contribution in [0.1, 0.15) is 37.7 Å². The normalized spacial score (nSPS) is 14.2. The Morgan fingerprint density at radius 3 is 2.61 bits per heavy atom. The van der Waals surface area contributed by atoms with Crippen LogP contribution in [0.2, 0.25) is 0 Å². The van der Waals surface area contributed by atoms with Crippen LogP contribution in [0.3, 0.4) is 0 Å². The Bertz CT molecular complexity index is 2210. The van der Waals surface area contributed by atoms with Crippen LogP contribution in [-0.4, -0.2) is 61.5 Å². The van der Waals surface area contributed by atoms with E-state index in [4.69, 9.17) is 4.98 Å². The van der Waals surface area contributed by atoms with Crippen LogP contribution in [0.4, 0.5) is 10.1 Å². The third-order valence-electron chi connectivity index (χ3n) is 8.37. The number of aryl methyl sites for hydroxylation is 1. The topological polar surface area (TPSA) is 159 Å². The zero-order valence-corrected chi connectivity index (χ0v) is 25.9. The maximum absolute atomic E-state index is 14.6. The first-order valence-electron chi connectivity index (χ1n) is 15.1. The fourth-order valence-electron chi connectivity index (χ4n) is 6.02. The highest BCUT2D eigenvalue weighted by atomic mass is 32.2. The van der Waals surface area contributed by atoms with Crippen molar-refractivity contribution in [2.45, 2.75) is 38.5 Å². The molecular weight excluding hydrogens is 607 g/mol. The van der Waals surface area contributed by atoms with Gasteiger partial charge in [0.05, 0.1) is 52.3 Å². The molecule has 1 amide bonds. The number of hydrogen-bond donors (Lipinski definition) is 3. The number of fused-ring (bicyclic) bond motifs is 2. The molecular formula is C33H31FN8O3S. The van der Waals surface area contributed by atoms with Gasteiger partial charge in [0, 0.05) is 41.1 Å². The predicted molar refractivity (Wildman–Crippen MR) is 174 cm³/mol. The van der Waals surface area contributed by atoms with Crippen molar-refractivity contribution in [3.05, 3.63) is 72.7 Å². The second-order valence-corrected chi connectivity index (χ2v) is 14.1. The number of hydrogen-bond acceptors (Lipinski definition) is 8. The summed E-state index contributed by atoms with van der Waals surface area (Å²) in [7, 11) is -3.21. The Morgan fingerprint density at radius 1 is 0.957 bits per heavy atom. The lowest BCUT2D eigenvalue weighted by Crippen LogP contribution is -2.24. The van der Waals surface area contributed by atoms with E-state index < -0.39 is 15.7 Å². The van der Waals surface area contributed by atoms with Crippen LogP contribution < -0.4 is 5.32 Å². The summed E-state index contributed by atoms with van der Waals surface area (Å²) in [6, 6.07) is 8.25. The average Bonchev–Trinajstić information content (AvgIpc) is 3.68. The van der Waals surface area contributed by atoms with Crippen LogP contribution in [0.25, 0.3) is 55.8 Å². The molecule has 0 atom stereocenters. The standard InChI is InChI=1S/C33H31FN8O3S/c1-46(44,45)8-7-19-9-21(11-23(34)10-19)26-16-36-17-29-30(26)40-32(39-29)31-25-13-27(37-18-28(25)41-42-31)22-12-24(15-35-14-22)38-33(43)20-5-3-2-4-6-20/h9-18,20H,2-8H2,1H3,(H,38,43)(H,39,40)(H,41,42). The zero-order valence-electron chi connectivity index (χ0n) is 25.0. The quantitative estimate of drug-likeness (QED) is 0.187. The first-order chi connectivity index (χ1) is 22.2. The molecule has 13 heteroatoms. The van der Waals surface area contributed by atoms with Gasteiger partial charge in [-0.05, 0) is 54.7 Å². The van der Waals surface area contributed by atoms with Crippen molar-refractivity contribution in [3.8, 4) is 33.9 Å². The van der Waals surface area contributed by atoms with Gasteiger partial charge in [0.15, 0.2) is 5.82 Å². The van der Waals surface area contributed by atoms with E-state index in [1.807, 2.05) is 12.1 Å². The van der Waals surface area contributed by atoms with Gasteiger partial charge in [-0.25, -0.2) is 17.8 Å². The van der Waals surface area contributed by atoms with Crippen molar-refractivity contribution in [2.24, 2.45) is 5.92 Å². The van der Waals surface area contributed by atoms with Gasteiger partial charge < -0.3 is 10.3 Å². The van der Waals surface area contributed by atoms with E-state index in [1.165, 1.54) is 18.6 Å². The number of benzene rings is 1. The minimum absolute atomic E-state index is 0.0290. The van der Waals surface area contributed by atoms with Gasteiger partial charge in [-0.2, -0.15) is 5.10 Å². The monoisotopic (exact) mass is 638 g/mol. The number of H-pyrrole nitrogens is 2. The van der Waals surface area contributed by atoms with Crippen LogP contribution in [0.5, 0.6) is 0 Å². The van der Waals surface area contributed by atoms with E-state index >= 15 is 0 Å². The van der Waals surface area contributed by atoms with Crippen molar-refractivity contribution in [1.82, 2.24) is 35.1 Å². The summed E-state index contributed by atoms with van der Waals surface area (Å²) < 4.78 is 38.0. The maximum atomic E-state index is 14.6. The van der Waals surface area contributed by atoms with E-state index in [-0.39, 0.29) is 24.0 Å². The summed E-state index contributed by atoms with van der Waals surface area (Å²) in [5.74, 6) is -0.0140. The molecule has 0 radical (unpaired) electrons. The molecule has 1 aromatic carbocycles. The van der Waals surface area contributed by atoms with E-state index in [2.05, 4.69) is 35.5 Å². The molecule has 1 saturated carbocycles. The Hall–Kier alpha value is -5.04. The molecule has 46 heavy (non-hydrogen) atoms. The van der Waals surface area contributed by atoms with Gasteiger partial charge in [-0.3, -0.25) is 24.8 Å². The molecule has 0 spiro atoms. The minimum atomic E-state index is -3.21. The number of sulfone groups is 1. The fraction of sp³-hybridized carbons (Fsp3) is 0.273. The lowest BCUT2D eigenvalue weighted by atomic mass is 9.88. The predicted octanol–water partition coefficient (Wildman–Crippen LogP) is 5.87. The molecule has 5 aromatic heterocycles. The van der Waals surface area contributed by atoms with Gasteiger partial charge in [0.25, 0.3) is 0 Å². The first-order valence-corrected chi connectivity index (χ1v) is 17.2. The largest absolute Gasteiger partial charge is 0.335 e. The summed E-state index contributed by atoms with van der Waals surface area (Å²) in [5.41, 5.74) is 6.18. The van der Waals surface area contributed by atoms with Crippen LogP contribution in [-0.2, 0) is 21.1 Å². The molecule has 1 aliphatic carbocycles. The number of pyridine rings is 3. The zero-order chi connectivity index (χ0) is 31.8. The Labute approximate surface area is 264 Å². The number of amides is 1. The van der Waals surface area contributed by atoms with Crippen molar-refractivity contribution >= 4 is 43.4 Å². The highest BCUT2D eigenvalue weighted by molar-refractivity contribution is 7.90. The van der Waals surface area contributed by atoms with Crippen molar-refractivity contribution < 1.29 is 17.6 Å². The van der Waals surface area contributed by atoms with Gasteiger partial charge in [-0.15, -0.1) is 0 Å². The van der Waals surface area contributed by atoms with E-state index in [0.29, 0.717) is 56.1 Å². The molecule has 5 heterocycles. The number of carbonyl (C=O) groups is 1. The molecule has 6 aromatic rings. The smallest absolute Gasteiger partial charge is 0.227 e. The molecule has 11 nitrogen and oxygen atoms in total. The number of imidazole rings is 1. The van der Waals surface area contributed by atoms with Gasteiger partial charge in [0.2, 0.25) is 5.91 Å². The minimum Gasteiger partial charge on any atom is -0.335 e. The number of aromatic nitrogens is 7. The number of nitrogens with one attached hydrogen (secondary N) is 3. The van der Waals surface area contributed by atoms with Crippen molar-refractivity contribution in [1.29, 1.82) is 0 Å². The highest BCUT2D eigenvalue weighted by Gasteiger charge is 2.22. The summed E-state index contributed by atoms with van der Waals surface area (Å²) >= 11 is 0. The maximum Gasteiger partial charge on any atom is 0.227 e. The second kappa shape index (κ2) is 12.0. The molecule has 234 valence electrons. The number of rotatable bonds is 8. The Kier molecular flexibility index (Phi) is 7.77.